The Bertz CT molecular complexity index is 715. The number of amides is 2. The Labute approximate surface area is 143 Å². The smallest absolute Gasteiger partial charge is 0.225 e. The van der Waals surface area contributed by atoms with Crippen molar-refractivity contribution >= 4 is 46.6 Å². The van der Waals surface area contributed by atoms with E-state index in [0.717, 1.165) is 0 Å². The molecule has 0 saturated heterocycles. The highest BCUT2D eigenvalue weighted by Crippen LogP contribution is 2.18. The van der Waals surface area contributed by atoms with Crippen LogP contribution >= 0.6 is 11.8 Å². The maximum atomic E-state index is 11.9. The van der Waals surface area contributed by atoms with Crippen molar-refractivity contribution in [1.29, 1.82) is 0 Å². The van der Waals surface area contributed by atoms with Crippen molar-refractivity contribution in [2.45, 2.75) is 18.5 Å². The molecule has 2 amide bonds. The highest BCUT2D eigenvalue weighted by Gasteiger charge is 2.06. The van der Waals surface area contributed by atoms with E-state index in [9.17, 15) is 9.59 Å². The van der Waals surface area contributed by atoms with Crippen molar-refractivity contribution in [2.75, 3.05) is 27.9 Å². The van der Waals surface area contributed by atoms with Gasteiger partial charge in [-0.05, 0) is 24.3 Å². The Hall–Kier alpha value is -2.81. The summed E-state index contributed by atoms with van der Waals surface area (Å²) in [6.45, 7) is 1.44. The second-order valence-corrected chi connectivity index (χ2v) is 5.97. The molecule has 6 N–H and O–H groups in total. The van der Waals surface area contributed by atoms with Crippen LogP contribution in [0.2, 0.25) is 0 Å². The molecule has 0 aliphatic rings. The fraction of sp³-hybridized carbons (Fsp3) is 0.200. The summed E-state index contributed by atoms with van der Waals surface area (Å²) in [6.07, 6.45) is 0.288. The van der Waals surface area contributed by atoms with Gasteiger partial charge in [0.1, 0.15) is 11.6 Å². The molecule has 1 heterocycles. The van der Waals surface area contributed by atoms with Crippen LogP contribution in [0.5, 0.6) is 0 Å². The van der Waals surface area contributed by atoms with Gasteiger partial charge in [0.05, 0.1) is 0 Å². The number of anilines is 4. The van der Waals surface area contributed by atoms with Gasteiger partial charge in [0.15, 0.2) is 5.16 Å². The largest absolute Gasteiger partial charge is 0.383 e. The Morgan fingerprint density at radius 2 is 1.58 bits per heavy atom. The molecule has 0 radical (unpaired) electrons. The van der Waals surface area contributed by atoms with Gasteiger partial charge in [0.2, 0.25) is 11.8 Å². The molecule has 0 spiro atoms. The summed E-state index contributed by atoms with van der Waals surface area (Å²) in [7, 11) is 0. The predicted octanol–water partition coefficient (Wildman–Crippen LogP) is 1.72. The van der Waals surface area contributed by atoms with Crippen LogP contribution in [0.3, 0.4) is 0 Å². The van der Waals surface area contributed by atoms with Crippen LogP contribution in [-0.2, 0) is 9.59 Å². The number of thioether (sulfide) groups is 1. The molecule has 0 atom stereocenters. The zero-order chi connectivity index (χ0) is 17.5. The molecular formula is C15H18N6O2S. The molecule has 2 rings (SSSR count). The second kappa shape index (κ2) is 8.16. The molecule has 0 fully saturated rings. The summed E-state index contributed by atoms with van der Waals surface area (Å²) in [5.41, 5.74) is 12.5. The Morgan fingerprint density at radius 1 is 1.04 bits per heavy atom. The first kappa shape index (κ1) is 17.5. The summed E-state index contributed by atoms with van der Waals surface area (Å²) >= 11 is 1.31. The van der Waals surface area contributed by atoms with E-state index >= 15 is 0 Å². The minimum Gasteiger partial charge on any atom is -0.383 e. The topological polar surface area (TPSA) is 136 Å². The quantitative estimate of drug-likeness (QED) is 0.462. The number of nitrogen functional groups attached to an aromatic ring is 2. The third-order valence-electron chi connectivity index (χ3n) is 2.79. The number of nitrogens with zero attached hydrogens (tertiary/aromatic N) is 2. The molecular weight excluding hydrogens is 328 g/mol. The molecule has 0 aliphatic carbocycles. The summed E-state index contributed by atoms with van der Waals surface area (Å²) in [6, 6.07) is 8.35. The normalized spacial score (nSPS) is 10.2. The lowest BCUT2D eigenvalue weighted by molar-refractivity contribution is -0.116. The Balaban J connectivity index is 1.79. The van der Waals surface area contributed by atoms with E-state index in [0.29, 0.717) is 33.9 Å². The second-order valence-electron chi connectivity index (χ2n) is 4.91. The lowest BCUT2D eigenvalue weighted by Gasteiger charge is -2.07. The van der Waals surface area contributed by atoms with Gasteiger partial charge in [-0.1, -0.05) is 11.8 Å². The zero-order valence-corrected chi connectivity index (χ0v) is 13.9. The fourth-order valence-corrected chi connectivity index (χ4v) is 2.64. The van der Waals surface area contributed by atoms with E-state index in [1.54, 1.807) is 24.3 Å². The van der Waals surface area contributed by atoms with Crippen molar-refractivity contribution in [3.8, 4) is 0 Å². The lowest BCUT2D eigenvalue weighted by Crippen LogP contribution is -2.12. The van der Waals surface area contributed by atoms with Gasteiger partial charge in [-0.25, -0.2) is 9.97 Å². The number of benzene rings is 1. The number of carbonyl (C=O) groups excluding carboxylic acids is 2. The van der Waals surface area contributed by atoms with E-state index in [1.165, 1.54) is 24.8 Å². The van der Waals surface area contributed by atoms with E-state index < -0.39 is 0 Å². The standard InChI is InChI=1S/C15H18N6O2S/c1-9(22)18-10-2-4-11(5-3-10)19-14(23)6-7-24-15-20-12(16)8-13(17)21-15/h2-5,8H,6-7H2,1H3,(H,18,22)(H,19,23)(H4,16,17,20,21). The van der Waals surface area contributed by atoms with Crippen LogP contribution in [0.1, 0.15) is 13.3 Å². The summed E-state index contributed by atoms with van der Waals surface area (Å²) in [5, 5.41) is 5.88. The minimum atomic E-state index is -0.145. The van der Waals surface area contributed by atoms with Gasteiger partial charge in [0, 0.05) is 36.5 Å². The number of hydrogen-bond acceptors (Lipinski definition) is 7. The first-order chi connectivity index (χ1) is 11.4. The minimum absolute atomic E-state index is 0.133. The molecule has 0 unspecified atom stereocenters. The Kier molecular flexibility index (Phi) is 5.96. The van der Waals surface area contributed by atoms with Crippen molar-refractivity contribution in [1.82, 2.24) is 9.97 Å². The number of nitrogens with one attached hydrogen (secondary N) is 2. The number of carbonyl (C=O) groups is 2. The van der Waals surface area contributed by atoms with Crippen LogP contribution in [-0.4, -0.2) is 27.5 Å². The highest BCUT2D eigenvalue weighted by molar-refractivity contribution is 7.99. The molecule has 8 nitrogen and oxygen atoms in total. The van der Waals surface area contributed by atoms with Crippen molar-refractivity contribution in [3.63, 3.8) is 0 Å². The van der Waals surface area contributed by atoms with E-state index in [-0.39, 0.29) is 18.2 Å². The van der Waals surface area contributed by atoms with Crippen molar-refractivity contribution in [3.05, 3.63) is 30.3 Å². The maximum absolute atomic E-state index is 11.9. The van der Waals surface area contributed by atoms with E-state index in [4.69, 9.17) is 11.5 Å². The molecule has 1 aromatic carbocycles. The summed E-state index contributed by atoms with van der Waals surface area (Å²) < 4.78 is 0. The van der Waals surface area contributed by atoms with Crippen molar-refractivity contribution in [2.24, 2.45) is 0 Å². The molecule has 0 bridgehead atoms. The molecule has 126 valence electrons. The fourth-order valence-electron chi connectivity index (χ4n) is 1.83. The SMILES string of the molecule is CC(=O)Nc1ccc(NC(=O)CCSc2nc(N)cc(N)n2)cc1. The lowest BCUT2D eigenvalue weighted by atomic mass is 10.2. The van der Waals surface area contributed by atoms with Crippen LogP contribution in [0.25, 0.3) is 0 Å². The molecule has 1 aromatic heterocycles. The third kappa shape index (κ3) is 5.76. The first-order valence-corrected chi connectivity index (χ1v) is 8.11. The molecule has 0 saturated carbocycles. The number of aromatic nitrogens is 2. The average molecular weight is 346 g/mol. The van der Waals surface area contributed by atoms with Crippen LogP contribution < -0.4 is 22.1 Å². The monoisotopic (exact) mass is 346 g/mol. The van der Waals surface area contributed by atoms with Crippen LogP contribution in [0.4, 0.5) is 23.0 Å². The number of rotatable bonds is 6. The van der Waals surface area contributed by atoms with Crippen LogP contribution in [0, 0.1) is 0 Å². The van der Waals surface area contributed by atoms with Gasteiger partial charge in [-0.3, -0.25) is 9.59 Å². The maximum Gasteiger partial charge on any atom is 0.225 e. The molecule has 2 aromatic rings. The van der Waals surface area contributed by atoms with E-state index in [1.807, 2.05) is 0 Å². The van der Waals surface area contributed by atoms with Gasteiger partial charge in [0.25, 0.3) is 0 Å². The zero-order valence-electron chi connectivity index (χ0n) is 13.1. The summed E-state index contributed by atoms with van der Waals surface area (Å²) in [4.78, 5) is 30.9. The van der Waals surface area contributed by atoms with Crippen molar-refractivity contribution < 1.29 is 9.59 Å². The average Bonchev–Trinajstić information content (AvgIpc) is 2.48. The Morgan fingerprint density at radius 3 is 2.12 bits per heavy atom. The third-order valence-corrected chi connectivity index (χ3v) is 3.64. The molecule has 9 heteroatoms. The van der Waals surface area contributed by atoms with E-state index in [2.05, 4.69) is 20.6 Å². The molecule has 24 heavy (non-hydrogen) atoms. The van der Waals surface area contributed by atoms with Gasteiger partial charge >= 0.3 is 0 Å². The van der Waals surface area contributed by atoms with Gasteiger partial charge in [-0.15, -0.1) is 0 Å². The van der Waals surface area contributed by atoms with Crippen LogP contribution in [0.15, 0.2) is 35.5 Å². The highest BCUT2D eigenvalue weighted by atomic mass is 32.2. The molecule has 0 aliphatic heterocycles. The number of nitrogens with two attached hydrogens (primary N) is 2. The van der Waals surface area contributed by atoms with Gasteiger partial charge in [-0.2, -0.15) is 0 Å². The summed E-state index contributed by atoms with van der Waals surface area (Å²) in [5.74, 6) is 0.820. The number of hydrogen-bond donors (Lipinski definition) is 4. The predicted molar refractivity (Wildman–Crippen MR) is 95.6 cm³/mol. The first-order valence-electron chi connectivity index (χ1n) is 7.13. The van der Waals surface area contributed by atoms with Gasteiger partial charge < -0.3 is 22.1 Å².